The Morgan fingerprint density at radius 3 is 3.00 bits per heavy atom. The van der Waals surface area contributed by atoms with Crippen LogP contribution in [0.2, 0.25) is 0 Å². The molecular formula is C8H9N3S. The van der Waals surface area contributed by atoms with Crippen molar-refractivity contribution in [2.45, 2.75) is 11.8 Å². The van der Waals surface area contributed by atoms with Crippen LogP contribution in [0.1, 0.15) is 5.82 Å². The number of hydrogen-bond acceptors (Lipinski definition) is 3. The molecule has 0 aliphatic heterocycles. The monoisotopic (exact) mass is 179 g/mol. The van der Waals surface area contributed by atoms with Gasteiger partial charge in [0.25, 0.3) is 0 Å². The summed E-state index contributed by atoms with van der Waals surface area (Å²) >= 11 is 4.19. The molecule has 3 nitrogen and oxygen atoms in total. The van der Waals surface area contributed by atoms with Crippen LogP contribution >= 0.6 is 12.6 Å². The highest BCUT2D eigenvalue weighted by Crippen LogP contribution is 2.14. The summed E-state index contributed by atoms with van der Waals surface area (Å²) in [5.41, 5.74) is 1.81. The Balaban J connectivity index is 2.87. The van der Waals surface area contributed by atoms with E-state index in [4.69, 9.17) is 0 Å². The minimum atomic E-state index is 0.848. The summed E-state index contributed by atoms with van der Waals surface area (Å²) in [5.74, 6) is 0.969. The van der Waals surface area contributed by atoms with Gasteiger partial charge < -0.3 is 4.57 Å². The summed E-state index contributed by atoms with van der Waals surface area (Å²) in [4.78, 5) is 9.40. The molecule has 0 radical (unpaired) electrons. The number of hydrogen-bond donors (Lipinski definition) is 1. The van der Waals surface area contributed by atoms with Gasteiger partial charge in [-0.2, -0.15) is 0 Å². The molecule has 0 spiro atoms. The largest absolute Gasteiger partial charge is 0.316 e. The molecule has 4 heteroatoms. The van der Waals surface area contributed by atoms with Gasteiger partial charge in [-0.25, -0.2) is 9.97 Å². The van der Waals surface area contributed by atoms with Gasteiger partial charge in [0.1, 0.15) is 11.3 Å². The lowest BCUT2D eigenvalue weighted by Gasteiger charge is -1.94. The first-order chi connectivity index (χ1) is 5.68. The first kappa shape index (κ1) is 7.61. The number of fused-ring (bicyclic) bond motifs is 1. The predicted molar refractivity (Wildman–Crippen MR) is 50.5 cm³/mol. The molecule has 2 aromatic rings. The average molecular weight is 179 g/mol. The zero-order chi connectivity index (χ0) is 8.72. The number of aryl methyl sites for hydroxylation is 2. The van der Waals surface area contributed by atoms with Gasteiger partial charge in [0.05, 0.1) is 0 Å². The van der Waals surface area contributed by atoms with Crippen molar-refractivity contribution < 1.29 is 0 Å². The van der Waals surface area contributed by atoms with Gasteiger partial charge in [-0.15, -0.1) is 12.6 Å². The summed E-state index contributed by atoms with van der Waals surface area (Å²) in [5, 5.41) is 0. The van der Waals surface area contributed by atoms with Crippen LogP contribution in [-0.2, 0) is 7.05 Å². The minimum Gasteiger partial charge on any atom is -0.316 e. The first-order valence-electron chi connectivity index (χ1n) is 3.66. The maximum Gasteiger partial charge on any atom is 0.159 e. The molecule has 0 saturated carbocycles. The molecule has 0 amide bonds. The maximum atomic E-state index is 4.33. The Hall–Kier alpha value is -1.03. The molecule has 2 aromatic heterocycles. The third-order valence-corrected chi connectivity index (χ3v) is 2.16. The van der Waals surface area contributed by atoms with Crippen LogP contribution < -0.4 is 0 Å². The van der Waals surface area contributed by atoms with E-state index in [0.717, 1.165) is 21.9 Å². The van der Waals surface area contributed by atoms with Gasteiger partial charge in [-0.05, 0) is 13.0 Å². The standard InChI is InChI=1S/C8H9N3S/c1-5-10-7-3-6(12)4-9-8(7)11(5)2/h3-4,12H,1-2H3. The molecule has 0 N–H and O–H groups in total. The highest BCUT2D eigenvalue weighted by atomic mass is 32.1. The van der Waals surface area contributed by atoms with Crippen molar-refractivity contribution >= 4 is 23.8 Å². The predicted octanol–water partition coefficient (Wildman–Crippen LogP) is 1.57. The van der Waals surface area contributed by atoms with Crippen molar-refractivity contribution in [2.75, 3.05) is 0 Å². The molecule has 2 heterocycles. The highest BCUT2D eigenvalue weighted by Gasteiger charge is 2.03. The zero-order valence-corrected chi connectivity index (χ0v) is 7.84. The van der Waals surface area contributed by atoms with Crippen LogP contribution in [0.3, 0.4) is 0 Å². The normalized spacial score (nSPS) is 10.9. The van der Waals surface area contributed by atoms with Gasteiger partial charge in [-0.1, -0.05) is 0 Å². The molecule has 2 rings (SSSR count). The lowest BCUT2D eigenvalue weighted by Crippen LogP contribution is -1.91. The van der Waals surface area contributed by atoms with Crippen molar-refractivity contribution in [1.82, 2.24) is 14.5 Å². The van der Waals surface area contributed by atoms with Gasteiger partial charge in [0.2, 0.25) is 0 Å². The summed E-state index contributed by atoms with van der Waals surface area (Å²) in [6, 6.07) is 1.92. The minimum absolute atomic E-state index is 0.848. The molecule has 0 aromatic carbocycles. The lowest BCUT2D eigenvalue weighted by atomic mass is 10.4. The van der Waals surface area contributed by atoms with E-state index in [0.29, 0.717) is 0 Å². The van der Waals surface area contributed by atoms with Crippen molar-refractivity contribution in [1.29, 1.82) is 0 Å². The van der Waals surface area contributed by atoms with Crippen molar-refractivity contribution in [3.63, 3.8) is 0 Å². The van der Waals surface area contributed by atoms with Crippen LogP contribution in [0.25, 0.3) is 11.2 Å². The molecule has 62 valence electrons. The van der Waals surface area contributed by atoms with Gasteiger partial charge in [0.15, 0.2) is 5.65 Å². The van der Waals surface area contributed by atoms with E-state index < -0.39 is 0 Å². The molecule has 0 saturated heterocycles. The van der Waals surface area contributed by atoms with Crippen LogP contribution in [0, 0.1) is 6.92 Å². The lowest BCUT2D eigenvalue weighted by molar-refractivity contribution is 0.873. The Kier molecular flexibility index (Phi) is 1.58. The third-order valence-electron chi connectivity index (χ3n) is 1.92. The van der Waals surface area contributed by atoms with Crippen LogP contribution in [0.15, 0.2) is 17.2 Å². The highest BCUT2D eigenvalue weighted by molar-refractivity contribution is 7.80. The molecule has 0 unspecified atom stereocenters. The fourth-order valence-corrected chi connectivity index (χ4v) is 1.36. The van der Waals surface area contributed by atoms with Gasteiger partial charge >= 0.3 is 0 Å². The molecule has 0 bridgehead atoms. The third kappa shape index (κ3) is 0.992. The Bertz CT molecular complexity index is 433. The molecular weight excluding hydrogens is 170 g/mol. The second-order valence-electron chi connectivity index (χ2n) is 2.75. The SMILES string of the molecule is Cc1nc2cc(S)cnc2n1C. The number of imidazole rings is 1. The summed E-state index contributed by atoms with van der Waals surface area (Å²) in [6.07, 6.45) is 1.73. The van der Waals surface area contributed by atoms with E-state index in [1.807, 2.05) is 24.6 Å². The fourth-order valence-electron chi connectivity index (χ4n) is 1.18. The smallest absolute Gasteiger partial charge is 0.159 e. The summed E-state index contributed by atoms with van der Waals surface area (Å²) in [6.45, 7) is 1.96. The van der Waals surface area contributed by atoms with E-state index >= 15 is 0 Å². The second kappa shape index (κ2) is 2.48. The van der Waals surface area contributed by atoms with E-state index in [2.05, 4.69) is 22.6 Å². The average Bonchev–Trinajstić information content (AvgIpc) is 2.28. The zero-order valence-electron chi connectivity index (χ0n) is 6.94. The van der Waals surface area contributed by atoms with E-state index in [9.17, 15) is 0 Å². The molecule has 0 aliphatic carbocycles. The number of pyridine rings is 1. The van der Waals surface area contributed by atoms with Gasteiger partial charge in [0, 0.05) is 18.1 Å². The van der Waals surface area contributed by atoms with Crippen molar-refractivity contribution in [3.05, 3.63) is 18.1 Å². The molecule has 12 heavy (non-hydrogen) atoms. The van der Waals surface area contributed by atoms with Crippen LogP contribution in [0.5, 0.6) is 0 Å². The van der Waals surface area contributed by atoms with Crippen molar-refractivity contribution in [2.24, 2.45) is 7.05 Å². The number of rotatable bonds is 0. The maximum absolute atomic E-state index is 4.33. The van der Waals surface area contributed by atoms with E-state index in [-0.39, 0.29) is 0 Å². The van der Waals surface area contributed by atoms with E-state index in [1.165, 1.54) is 0 Å². The molecule has 0 fully saturated rings. The van der Waals surface area contributed by atoms with Gasteiger partial charge in [-0.3, -0.25) is 0 Å². The molecule has 0 aliphatic rings. The number of aromatic nitrogens is 3. The summed E-state index contributed by atoms with van der Waals surface area (Å²) in [7, 11) is 1.95. The first-order valence-corrected chi connectivity index (χ1v) is 4.11. The second-order valence-corrected chi connectivity index (χ2v) is 3.27. The number of nitrogens with zero attached hydrogens (tertiary/aromatic N) is 3. The fraction of sp³-hybridized carbons (Fsp3) is 0.250. The summed E-state index contributed by atoms with van der Waals surface area (Å²) < 4.78 is 1.96. The van der Waals surface area contributed by atoms with Crippen molar-refractivity contribution in [3.8, 4) is 0 Å². The topological polar surface area (TPSA) is 30.7 Å². The Morgan fingerprint density at radius 2 is 2.25 bits per heavy atom. The van der Waals surface area contributed by atoms with Crippen LogP contribution in [-0.4, -0.2) is 14.5 Å². The number of thiol groups is 1. The molecule has 0 atom stereocenters. The van der Waals surface area contributed by atoms with E-state index in [1.54, 1.807) is 6.20 Å². The van der Waals surface area contributed by atoms with Crippen LogP contribution in [0.4, 0.5) is 0 Å². The Labute approximate surface area is 75.9 Å². The quantitative estimate of drug-likeness (QED) is 0.622. The Morgan fingerprint density at radius 1 is 1.50 bits per heavy atom.